The summed E-state index contributed by atoms with van der Waals surface area (Å²) in [6, 6.07) is 1.65. The Balaban J connectivity index is 1.62. The molecule has 3 heterocycles. The number of methoxy groups -OCH3 is 2. The Kier molecular flexibility index (Phi) is 6.87. The number of aromatic amines is 1. The number of aryl methyl sites for hydroxylation is 1. The molecule has 1 aliphatic rings. The van der Waals surface area contributed by atoms with Gasteiger partial charge >= 0.3 is 0 Å². The van der Waals surface area contributed by atoms with Gasteiger partial charge in [-0.3, -0.25) is 4.79 Å². The van der Waals surface area contributed by atoms with E-state index in [1.807, 2.05) is 13.8 Å². The van der Waals surface area contributed by atoms with E-state index < -0.39 is 0 Å². The number of carbonyl (C=O) groups excluding carboxylic acids is 1. The Bertz CT molecular complexity index is 1180. The first-order valence-electron chi connectivity index (χ1n) is 11.0. The van der Waals surface area contributed by atoms with E-state index in [4.69, 9.17) is 20.2 Å². The number of carbonyl (C=O) groups is 1. The zero-order valence-electron chi connectivity index (χ0n) is 19.7. The van der Waals surface area contributed by atoms with Crippen LogP contribution in [0, 0.1) is 6.92 Å². The van der Waals surface area contributed by atoms with E-state index in [9.17, 15) is 4.79 Å². The number of nitrogens with one attached hydrogen (secondary N) is 3. The van der Waals surface area contributed by atoms with Gasteiger partial charge in [-0.25, -0.2) is 24.9 Å². The molecule has 12 nitrogen and oxygen atoms in total. The normalized spacial score (nSPS) is 14.0. The number of H-pyrrole nitrogens is 1. The highest BCUT2D eigenvalue weighted by Gasteiger charge is 2.30. The van der Waals surface area contributed by atoms with Crippen LogP contribution in [-0.2, 0) is 9.53 Å². The van der Waals surface area contributed by atoms with Crippen molar-refractivity contribution in [3.63, 3.8) is 0 Å². The molecular formula is C22H29N9O3. The molecule has 0 saturated heterocycles. The average molecular weight is 468 g/mol. The standard InChI is InChI=1S/C22H29N9O3/c1-11(26-15(32)10-33-3)9-25-22-24-8-7-14(28-22)17-18(30-20(29-17)13-5-6-13)16-12(2)27-19(23)21(31-16)34-4/h7-8,11,13H,5-6,9-10H2,1-4H3,(H2,23,27)(H,26,32)(H,29,30)(H,24,25,28)/t11-/m0/s1. The van der Waals surface area contributed by atoms with Crippen LogP contribution in [0.4, 0.5) is 11.8 Å². The molecule has 1 atom stereocenters. The molecule has 180 valence electrons. The van der Waals surface area contributed by atoms with Gasteiger partial charge in [-0.05, 0) is 32.8 Å². The molecule has 0 aromatic carbocycles. The Hall–Kier alpha value is -3.80. The number of imidazole rings is 1. The maximum absolute atomic E-state index is 11.7. The summed E-state index contributed by atoms with van der Waals surface area (Å²) in [6.45, 7) is 4.18. The summed E-state index contributed by atoms with van der Waals surface area (Å²) in [4.78, 5) is 37.9. The highest BCUT2D eigenvalue weighted by atomic mass is 16.5. The fourth-order valence-corrected chi connectivity index (χ4v) is 3.53. The number of amides is 1. The largest absolute Gasteiger partial charge is 0.478 e. The molecule has 3 aromatic heterocycles. The lowest BCUT2D eigenvalue weighted by molar-refractivity contribution is -0.125. The van der Waals surface area contributed by atoms with Crippen LogP contribution < -0.4 is 21.1 Å². The summed E-state index contributed by atoms with van der Waals surface area (Å²) in [6.07, 6.45) is 3.84. The van der Waals surface area contributed by atoms with Crippen molar-refractivity contribution in [1.29, 1.82) is 0 Å². The molecule has 0 bridgehead atoms. The van der Waals surface area contributed by atoms with Gasteiger partial charge in [-0.1, -0.05) is 0 Å². The molecule has 3 aromatic rings. The van der Waals surface area contributed by atoms with Crippen LogP contribution in [0.1, 0.15) is 37.2 Å². The number of ether oxygens (including phenoxy) is 2. The van der Waals surface area contributed by atoms with E-state index in [1.165, 1.54) is 14.2 Å². The number of rotatable bonds is 10. The molecule has 1 amide bonds. The fourth-order valence-electron chi connectivity index (χ4n) is 3.53. The van der Waals surface area contributed by atoms with Gasteiger partial charge in [0.25, 0.3) is 5.88 Å². The van der Waals surface area contributed by atoms with E-state index in [-0.39, 0.29) is 30.3 Å². The second-order valence-corrected chi connectivity index (χ2v) is 8.22. The van der Waals surface area contributed by atoms with Crippen LogP contribution in [0.2, 0.25) is 0 Å². The highest BCUT2D eigenvalue weighted by Crippen LogP contribution is 2.41. The Labute approximate surface area is 197 Å². The van der Waals surface area contributed by atoms with Crippen molar-refractivity contribution >= 4 is 17.7 Å². The third-order valence-electron chi connectivity index (χ3n) is 5.33. The van der Waals surface area contributed by atoms with Crippen molar-refractivity contribution in [3.8, 4) is 28.7 Å². The molecule has 1 aliphatic carbocycles. The summed E-state index contributed by atoms with van der Waals surface area (Å²) in [5, 5.41) is 6.00. The third-order valence-corrected chi connectivity index (χ3v) is 5.33. The van der Waals surface area contributed by atoms with Crippen LogP contribution in [0.3, 0.4) is 0 Å². The zero-order valence-corrected chi connectivity index (χ0v) is 19.7. The summed E-state index contributed by atoms with van der Waals surface area (Å²) >= 11 is 0. The van der Waals surface area contributed by atoms with Crippen LogP contribution >= 0.6 is 0 Å². The van der Waals surface area contributed by atoms with Crippen molar-refractivity contribution < 1.29 is 14.3 Å². The minimum Gasteiger partial charge on any atom is -0.478 e. The molecule has 5 N–H and O–H groups in total. The van der Waals surface area contributed by atoms with Gasteiger partial charge in [0.1, 0.15) is 23.8 Å². The van der Waals surface area contributed by atoms with Gasteiger partial charge in [0.05, 0.1) is 24.2 Å². The van der Waals surface area contributed by atoms with Crippen molar-refractivity contribution in [2.24, 2.45) is 0 Å². The number of aromatic nitrogens is 6. The number of hydrogen-bond acceptors (Lipinski definition) is 10. The fraction of sp³-hybridized carbons (Fsp3) is 0.455. The second kappa shape index (κ2) is 10.00. The number of hydrogen-bond donors (Lipinski definition) is 4. The summed E-state index contributed by atoms with van der Waals surface area (Å²) in [5.74, 6) is 2.01. The first kappa shape index (κ1) is 23.4. The second-order valence-electron chi connectivity index (χ2n) is 8.22. The van der Waals surface area contributed by atoms with Crippen LogP contribution in [0.5, 0.6) is 5.88 Å². The Morgan fingerprint density at radius 3 is 2.74 bits per heavy atom. The Morgan fingerprint density at radius 1 is 1.24 bits per heavy atom. The summed E-state index contributed by atoms with van der Waals surface area (Å²) in [7, 11) is 2.98. The van der Waals surface area contributed by atoms with Gasteiger partial charge in [0.15, 0.2) is 5.82 Å². The lowest BCUT2D eigenvalue weighted by Crippen LogP contribution is -2.39. The SMILES string of the molecule is COCC(=O)N[C@@H](C)CNc1nccc(-c2nc(C3CC3)[nH]c2-c2nc(OC)c(N)nc2C)n1. The molecule has 34 heavy (non-hydrogen) atoms. The van der Waals surface area contributed by atoms with Gasteiger partial charge in [0, 0.05) is 31.8 Å². The van der Waals surface area contributed by atoms with Crippen molar-refractivity contribution in [2.45, 2.75) is 38.6 Å². The molecule has 12 heteroatoms. The monoisotopic (exact) mass is 467 g/mol. The Morgan fingerprint density at radius 2 is 2.03 bits per heavy atom. The van der Waals surface area contributed by atoms with Crippen LogP contribution in [-0.4, -0.2) is 69.2 Å². The van der Waals surface area contributed by atoms with E-state index in [2.05, 4.69) is 35.6 Å². The van der Waals surface area contributed by atoms with Gasteiger partial charge in [-0.2, -0.15) is 0 Å². The predicted octanol–water partition coefficient (Wildman–Crippen LogP) is 1.66. The molecule has 0 aliphatic heterocycles. The van der Waals surface area contributed by atoms with Crippen LogP contribution in [0.25, 0.3) is 22.8 Å². The number of nitrogens with two attached hydrogens (primary N) is 1. The topological polar surface area (TPSA) is 166 Å². The predicted molar refractivity (Wildman–Crippen MR) is 126 cm³/mol. The van der Waals surface area contributed by atoms with Gasteiger partial charge < -0.3 is 30.8 Å². The van der Waals surface area contributed by atoms with E-state index in [0.717, 1.165) is 18.7 Å². The molecule has 1 fully saturated rings. The minimum absolute atomic E-state index is 0.0137. The first-order valence-corrected chi connectivity index (χ1v) is 11.0. The summed E-state index contributed by atoms with van der Waals surface area (Å²) < 4.78 is 10.1. The lowest BCUT2D eigenvalue weighted by atomic mass is 10.1. The van der Waals surface area contributed by atoms with Crippen molar-refractivity contribution in [3.05, 3.63) is 23.8 Å². The zero-order chi connectivity index (χ0) is 24.2. The van der Waals surface area contributed by atoms with Gasteiger partial charge in [0.2, 0.25) is 11.9 Å². The van der Waals surface area contributed by atoms with Crippen LogP contribution in [0.15, 0.2) is 12.3 Å². The van der Waals surface area contributed by atoms with E-state index in [1.54, 1.807) is 12.3 Å². The van der Waals surface area contributed by atoms with E-state index in [0.29, 0.717) is 46.9 Å². The van der Waals surface area contributed by atoms with Crippen molar-refractivity contribution in [1.82, 2.24) is 35.2 Å². The average Bonchev–Trinajstić information content (AvgIpc) is 3.57. The first-order chi connectivity index (χ1) is 16.4. The molecule has 4 rings (SSSR count). The smallest absolute Gasteiger partial charge is 0.257 e. The maximum atomic E-state index is 11.7. The molecular weight excluding hydrogens is 438 g/mol. The highest BCUT2D eigenvalue weighted by molar-refractivity contribution is 5.78. The minimum atomic E-state index is -0.185. The number of anilines is 2. The molecule has 0 radical (unpaired) electrons. The molecule has 0 spiro atoms. The quantitative estimate of drug-likeness (QED) is 0.344. The number of nitrogens with zero attached hydrogens (tertiary/aromatic N) is 5. The maximum Gasteiger partial charge on any atom is 0.257 e. The van der Waals surface area contributed by atoms with Gasteiger partial charge in [-0.15, -0.1) is 0 Å². The molecule has 0 unspecified atom stereocenters. The number of nitrogen functional groups attached to an aromatic ring is 1. The van der Waals surface area contributed by atoms with Crippen molar-refractivity contribution in [2.75, 3.05) is 38.4 Å². The lowest BCUT2D eigenvalue weighted by Gasteiger charge is -2.14. The third kappa shape index (κ3) is 5.22. The summed E-state index contributed by atoms with van der Waals surface area (Å²) in [5.41, 5.74) is 9.16. The molecule has 1 saturated carbocycles. The van der Waals surface area contributed by atoms with E-state index >= 15 is 0 Å².